The van der Waals surface area contributed by atoms with E-state index >= 15 is 0 Å². The summed E-state index contributed by atoms with van der Waals surface area (Å²) < 4.78 is 0. The average molecular weight is 75.1 g/mol. The summed E-state index contributed by atoms with van der Waals surface area (Å²) in [5.41, 5.74) is 0. The fourth-order valence-electron chi connectivity index (χ4n) is 0. The molecule has 1 heteroatoms. The van der Waals surface area contributed by atoms with Crippen molar-refractivity contribution in [3.8, 4) is 25.7 Å². The summed E-state index contributed by atoms with van der Waals surface area (Å²) in [6.07, 6.45) is 16.0. The van der Waals surface area contributed by atoms with Crippen molar-refractivity contribution in [2.24, 2.45) is 0 Å². The van der Waals surface area contributed by atoms with Crippen LogP contribution in [-0.2, 0) is 0 Å². The molecular formula is C4H4Na. The summed E-state index contributed by atoms with van der Waals surface area (Å²) in [6.45, 7) is 0. The fourth-order valence-corrected chi connectivity index (χ4v) is 0. The van der Waals surface area contributed by atoms with Gasteiger partial charge in [0.25, 0.3) is 0 Å². The molecule has 0 aromatic carbocycles. The molecule has 0 saturated carbocycles. The van der Waals surface area contributed by atoms with Gasteiger partial charge in [0.1, 0.15) is 0 Å². The first kappa shape index (κ1) is 19.3. The van der Waals surface area contributed by atoms with Crippen LogP contribution in [0, 0.1) is 25.7 Å². The molecule has 0 spiro atoms. The molecule has 0 fully saturated rings. The quantitative estimate of drug-likeness (QED) is 0.283. The number of rotatable bonds is 0. The third-order valence-corrected chi connectivity index (χ3v) is 0. The van der Waals surface area contributed by atoms with Crippen LogP contribution in [0.2, 0.25) is 0 Å². The van der Waals surface area contributed by atoms with Crippen LogP contribution in [0.1, 0.15) is 0 Å². The monoisotopic (exact) mass is 75.0 g/mol. The van der Waals surface area contributed by atoms with Crippen molar-refractivity contribution in [2.75, 3.05) is 0 Å². The van der Waals surface area contributed by atoms with Gasteiger partial charge in [0.05, 0.1) is 0 Å². The molecule has 0 saturated heterocycles. The van der Waals surface area contributed by atoms with E-state index in [4.69, 9.17) is 0 Å². The molecule has 0 rings (SSSR count). The maximum absolute atomic E-state index is 4.00. The van der Waals surface area contributed by atoms with Gasteiger partial charge in [0, 0.05) is 29.6 Å². The van der Waals surface area contributed by atoms with Crippen molar-refractivity contribution < 1.29 is 0 Å². The maximum atomic E-state index is 4.00. The van der Waals surface area contributed by atoms with Gasteiger partial charge in [-0.3, -0.25) is 0 Å². The number of terminal acetylenes is 2. The number of hydrogen-bond acceptors (Lipinski definition) is 0. The third kappa shape index (κ3) is 1290. The van der Waals surface area contributed by atoms with Crippen molar-refractivity contribution in [2.45, 2.75) is 0 Å². The molecule has 0 aliphatic heterocycles. The van der Waals surface area contributed by atoms with Crippen molar-refractivity contribution in [1.82, 2.24) is 0 Å². The molecule has 0 heterocycles. The van der Waals surface area contributed by atoms with Gasteiger partial charge < -0.3 is 0 Å². The molecule has 0 bridgehead atoms. The molecule has 0 aliphatic carbocycles. The van der Waals surface area contributed by atoms with Crippen LogP contribution in [0.3, 0.4) is 0 Å². The van der Waals surface area contributed by atoms with E-state index in [1.54, 1.807) is 0 Å². The Hall–Kier alpha value is 0.120. The predicted octanol–water partition coefficient (Wildman–Crippen LogP) is 0.118. The van der Waals surface area contributed by atoms with E-state index in [1.165, 1.54) is 0 Å². The second-order valence-corrected chi connectivity index (χ2v) is 0. The summed E-state index contributed by atoms with van der Waals surface area (Å²) in [7, 11) is 0. The minimum absolute atomic E-state index is 0. The Morgan fingerprint density at radius 2 is 0.600 bits per heavy atom. The third-order valence-electron chi connectivity index (χ3n) is 0. The fraction of sp³-hybridized carbons (Fsp3) is 0. The molecule has 0 aromatic heterocycles. The SMILES string of the molecule is C#C.C#C.[Na]. The van der Waals surface area contributed by atoms with E-state index in [0.717, 1.165) is 0 Å². The van der Waals surface area contributed by atoms with Crippen LogP contribution >= 0.6 is 0 Å². The summed E-state index contributed by atoms with van der Waals surface area (Å²) in [6, 6.07) is 0. The van der Waals surface area contributed by atoms with Crippen molar-refractivity contribution >= 4 is 29.6 Å². The van der Waals surface area contributed by atoms with Gasteiger partial charge >= 0.3 is 0 Å². The number of hydrogen-bond donors (Lipinski definition) is 0. The molecule has 21 valence electrons. The average Bonchev–Trinajstić information content (AvgIpc) is 1.50. The molecule has 0 amide bonds. The summed E-state index contributed by atoms with van der Waals surface area (Å²) in [5.74, 6) is 0. The molecule has 0 unspecified atom stereocenters. The Morgan fingerprint density at radius 1 is 0.600 bits per heavy atom. The standard InChI is InChI=1S/2C2H2.Na/c2*1-2;/h2*1-2H;. The molecule has 0 aliphatic rings. The van der Waals surface area contributed by atoms with Gasteiger partial charge in [-0.15, -0.1) is 25.7 Å². The van der Waals surface area contributed by atoms with E-state index in [0.29, 0.717) is 0 Å². The maximum Gasteiger partial charge on any atom is 0 e. The van der Waals surface area contributed by atoms with Gasteiger partial charge in [-0.1, -0.05) is 0 Å². The van der Waals surface area contributed by atoms with Crippen LogP contribution in [0.4, 0.5) is 0 Å². The Morgan fingerprint density at radius 3 is 0.600 bits per heavy atom. The first-order valence-electron chi connectivity index (χ1n) is 0.667. The van der Waals surface area contributed by atoms with Crippen LogP contribution in [0.5, 0.6) is 0 Å². The van der Waals surface area contributed by atoms with Gasteiger partial charge in [-0.05, 0) is 0 Å². The Kier molecular flexibility index (Phi) is 10800. The molecule has 0 aromatic rings. The smallest absolute Gasteiger partial charge is 0 e. The minimum atomic E-state index is 0. The zero-order chi connectivity index (χ0) is 4.00. The summed E-state index contributed by atoms with van der Waals surface area (Å²) in [4.78, 5) is 0. The van der Waals surface area contributed by atoms with Crippen LogP contribution in [-0.4, -0.2) is 29.6 Å². The zero-order valence-corrected chi connectivity index (χ0v) is 5.31. The second-order valence-electron chi connectivity index (χ2n) is 0. The molecule has 1 radical (unpaired) electrons. The van der Waals surface area contributed by atoms with E-state index in [9.17, 15) is 0 Å². The minimum Gasteiger partial charge on any atom is -0.124 e. The second kappa shape index (κ2) is 2790. The molecule has 0 N–H and O–H groups in total. The van der Waals surface area contributed by atoms with Gasteiger partial charge in [0.15, 0.2) is 0 Å². The zero-order valence-electron chi connectivity index (χ0n) is 3.31. The molecular weight excluding hydrogens is 71.0 g/mol. The summed E-state index contributed by atoms with van der Waals surface area (Å²) in [5, 5.41) is 0. The first-order chi connectivity index (χ1) is 2.00. The topological polar surface area (TPSA) is 0 Å². The molecule has 0 atom stereocenters. The van der Waals surface area contributed by atoms with E-state index in [2.05, 4.69) is 25.7 Å². The normalized spacial score (nSPS) is 0.800. The van der Waals surface area contributed by atoms with Crippen molar-refractivity contribution in [3.05, 3.63) is 0 Å². The Balaban J connectivity index is -0.0000000133. The van der Waals surface area contributed by atoms with E-state index in [1.807, 2.05) is 0 Å². The summed E-state index contributed by atoms with van der Waals surface area (Å²) >= 11 is 0. The Bertz CT molecular complexity index is 19.1. The molecule has 0 nitrogen and oxygen atoms in total. The van der Waals surface area contributed by atoms with Gasteiger partial charge in [-0.2, -0.15) is 0 Å². The van der Waals surface area contributed by atoms with Crippen LogP contribution in [0.25, 0.3) is 0 Å². The van der Waals surface area contributed by atoms with Crippen LogP contribution in [0.15, 0.2) is 0 Å². The van der Waals surface area contributed by atoms with Gasteiger partial charge in [-0.25, -0.2) is 0 Å². The van der Waals surface area contributed by atoms with E-state index in [-0.39, 0.29) is 29.6 Å². The van der Waals surface area contributed by atoms with E-state index < -0.39 is 0 Å². The van der Waals surface area contributed by atoms with Crippen LogP contribution < -0.4 is 0 Å². The van der Waals surface area contributed by atoms with Crippen molar-refractivity contribution in [1.29, 1.82) is 0 Å². The Labute approximate surface area is 55.3 Å². The predicted molar refractivity (Wildman–Crippen MR) is 25.5 cm³/mol. The first-order valence-corrected chi connectivity index (χ1v) is 0.667. The molecule has 5 heavy (non-hydrogen) atoms. The largest absolute Gasteiger partial charge is 0.124 e. The van der Waals surface area contributed by atoms with Gasteiger partial charge in [0.2, 0.25) is 0 Å². The van der Waals surface area contributed by atoms with Crippen molar-refractivity contribution in [3.63, 3.8) is 0 Å².